The van der Waals surface area contributed by atoms with Crippen molar-refractivity contribution >= 4 is 32.5 Å². The van der Waals surface area contributed by atoms with Crippen molar-refractivity contribution < 1.29 is 9.53 Å². The zero-order valence-electron chi connectivity index (χ0n) is 11.0. The zero-order chi connectivity index (χ0) is 13.9. The van der Waals surface area contributed by atoms with Gasteiger partial charge in [-0.2, -0.15) is 5.10 Å². The van der Waals surface area contributed by atoms with Gasteiger partial charge in [-0.15, -0.1) is 0 Å². The normalized spacial score (nSPS) is 11.8. The fourth-order valence-electron chi connectivity index (χ4n) is 1.64. The number of ether oxygens (including phenoxy) is 1. The van der Waals surface area contributed by atoms with Crippen LogP contribution < -0.4 is 0 Å². The number of hydrogen-bond acceptors (Lipinski definition) is 3. The van der Waals surface area contributed by atoms with Crippen LogP contribution in [0.15, 0.2) is 12.7 Å². The Bertz CT molecular complexity index is 501. The first-order valence-electron chi connectivity index (χ1n) is 5.63. The summed E-state index contributed by atoms with van der Waals surface area (Å²) < 4.78 is 7.29. The van der Waals surface area contributed by atoms with Crippen LogP contribution in [0.1, 0.15) is 48.6 Å². The van der Waals surface area contributed by atoms with E-state index in [1.54, 1.807) is 10.8 Å². The minimum Gasteiger partial charge on any atom is -0.464 e. The first-order valence-corrected chi connectivity index (χ1v) is 6.42. The van der Waals surface area contributed by atoms with E-state index in [2.05, 4.69) is 27.6 Å². The van der Waals surface area contributed by atoms with E-state index in [0.29, 0.717) is 17.0 Å². The largest absolute Gasteiger partial charge is 0.464 e. The third-order valence-electron chi connectivity index (χ3n) is 2.49. The average Bonchev–Trinajstić information content (AvgIpc) is 2.76. The minimum atomic E-state index is -0.405. The molecule has 0 bridgehead atoms. The number of carbonyl (C=O) groups is 1. The molecule has 18 heavy (non-hydrogen) atoms. The van der Waals surface area contributed by atoms with E-state index in [1.165, 1.54) is 7.11 Å². The summed E-state index contributed by atoms with van der Waals surface area (Å²) in [4.78, 5) is 11.9. The van der Waals surface area contributed by atoms with Gasteiger partial charge < -0.3 is 4.74 Å². The van der Waals surface area contributed by atoms with E-state index in [9.17, 15) is 4.79 Å². The van der Waals surface area contributed by atoms with Gasteiger partial charge in [-0.1, -0.05) is 28.6 Å². The van der Waals surface area contributed by atoms with Gasteiger partial charge >= 0.3 is 5.97 Å². The van der Waals surface area contributed by atoms with E-state index in [4.69, 9.17) is 4.74 Å². The molecule has 4 nitrogen and oxygen atoms in total. The summed E-state index contributed by atoms with van der Waals surface area (Å²) >= 11 is 3.44. The molecular weight excluding hydrogens is 296 g/mol. The predicted molar refractivity (Wildman–Crippen MR) is 76.6 cm³/mol. The Morgan fingerprint density at radius 1 is 1.56 bits per heavy atom. The molecule has 0 fully saturated rings. The number of methoxy groups -OCH3 is 1. The lowest BCUT2D eigenvalue weighted by Crippen LogP contribution is -2.14. The minimum absolute atomic E-state index is 0.0590. The van der Waals surface area contributed by atoms with Crippen molar-refractivity contribution in [3.8, 4) is 0 Å². The van der Waals surface area contributed by atoms with Gasteiger partial charge in [0.25, 0.3) is 0 Å². The molecule has 1 heterocycles. The number of carbonyl (C=O) groups excluding carboxylic acids is 1. The maximum Gasteiger partial charge on any atom is 0.357 e. The number of hydrogen-bond donors (Lipinski definition) is 0. The molecule has 98 valence electrons. The zero-order valence-corrected chi connectivity index (χ0v) is 12.6. The Morgan fingerprint density at radius 2 is 2.17 bits per heavy atom. The van der Waals surface area contributed by atoms with Crippen LogP contribution in [0.25, 0.3) is 10.6 Å². The standard InChI is InChI=1S/C13H17BrN2O2/c1-6-9(14)11-10(7-2)15-16(8(3)4)12(11)13(17)18-5/h6-8H,2H2,1,3-5H3/b9-6+. The summed E-state index contributed by atoms with van der Waals surface area (Å²) in [6.07, 6.45) is 3.49. The van der Waals surface area contributed by atoms with E-state index in [0.717, 1.165) is 4.48 Å². The van der Waals surface area contributed by atoms with Crippen LogP contribution in [-0.4, -0.2) is 22.9 Å². The number of allylic oxidation sites excluding steroid dienone is 1. The van der Waals surface area contributed by atoms with Crippen molar-refractivity contribution in [3.63, 3.8) is 0 Å². The number of halogens is 1. The van der Waals surface area contributed by atoms with Crippen LogP contribution in [0.4, 0.5) is 0 Å². The maximum atomic E-state index is 11.9. The van der Waals surface area contributed by atoms with Crippen LogP contribution in [-0.2, 0) is 4.74 Å². The summed E-state index contributed by atoms with van der Waals surface area (Å²) in [5.41, 5.74) is 1.81. The van der Waals surface area contributed by atoms with Gasteiger partial charge in [-0.05, 0) is 26.8 Å². The maximum absolute atomic E-state index is 11.9. The van der Waals surface area contributed by atoms with Gasteiger partial charge in [-0.3, -0.25) is 4.68 Å². The molecule has 1 aromatic heterocycles. The summed E-state index contributed by atoms with van der Waals surface area (Å²) in [6, 6.07) is 0.0590. The Labute approximate surface area is 115 Å². The fraction of sp³-hybridized carbons (Fsp3) is 0.385. The van der Waals surface area contributed by atoms with E-state index >= 15 is 0 Å². The van der Waals surface area contributed by atoms with Crippen molar-refractivity contribution in [3.05, 3.63) is 29.6 Å². The first kappa shape index (κ1) is 14.7. The predicted octanol–water partition coefficient (Wildman–Crippen LogP) is 3.65. The third kappa shape index (κ3) is 2.56. The van der Waals surface area contributed by atoms with Gasteiger partial charge in [0, 0.05) is 16.1 Å². The second-order valence-electron chi connectivity index (χ2n) is 3.98. The summed E-state index contributed by atoms with van der Waals surface area (Å²) in [7, 11) is 1.36. The summed E-state index contributed by atoms with van der Waals surface area (Å²) in [5, 5.41) is 4.39. The molecule has 0 spiro atoms. The molecule has 0 amide bonds. The number of esters is 1. The molecule has 0 atom stereocenters. The Hall–Kier alpha value is -1.36. The van der Waals surface area contributed by atoms with E-state index < -0.39 is 5.97 Å². The highest BCUT2D eigenvalue weighted by molar-refractivity contribution is 9.15. The van der Waals surface area contributed by atoms with Crippen LogP contribution >= 0.6 is 15.9 Å². The highest BCUT2D eigenvalue weighted by atomic mass is 79.9. The van der Waals surface area contributed by atoms with Crippen molar-refractivity contribution in [1.29, 1.82) is 0 Å². The Balaban J connectivity index is 3.64. The molecule has 0 N–H and O–H groups in total. The third-order valence-corrected chi connectivity index (χ3v) is 3.35. The van der Waals surface area contributed by atoms with Gasteiger partial charge in [0.1, 0.15) is 0 Å². The second-order valence-corrected chi connectivity index (χ2v) is 4.83. The molecule has 1 aromatic rings. The van der Waals surface area contributed by atoms with Crippen molar-refractivity contribution in [1.82, 2.24) is 9.78 Å². The molecule has 5 heteroatoms. The van der Waals surface area contributed by atoms with Crippen LogP contribution in [0.3, 0.4) is 0 Å². The van der Waals surface area contributed by atoms with Gasteiger partial charge in [0.2, 0.25) is 0 Å². The summed E-state index contributed by atoms with van der Waals surface area (Å²) in [6.45, 7) is 9.53. The van der Waals surface area contributed by atoms with Crippen molar-refractivity contribution in [2.24, 2.45) is 0 Å². The molecule has 0 aromatic carbocycles. The average molecular weight is 313 g/mol. The van der Waals surface area contributed by atoms with Crippen LogP contribution in [0.5, 0.6) is 0 Å². The van der Waals surface area contributed by atoms with Crippen molar-refractivity contribution in [2.45, 2.75) is 26.8 Å². The van der Waals surface area contributed by atoms with E-state index in [-0.39, 0.29) is 6.04 Å². The van der Waals surface area contributed by atoms with E-state index in [1.807, 2.05) is 26.8 Å². The lowest BCUT2D eigenvalue weighted by Gasteiger charge is -2.10. The fourth-order valence-corrected chi connectivity index (χ4v) is 2.03. The SMILES string of the molecule is C=Cc1nn(C(C)C)c(C(=O)OC)c1/C(Br)=C\C. The molecule has 0 radical (unpaired) electrons. The number of aromatic nitrogens is 2. The van der Waals surface area contributed by atoms with Crippen LogP contribution in [0.2, 0.25) is 0 Å². The Morgan fingerprint density at radius 3 is 2.56 bits per heavy atom. The smallest absolute Gasteiger partial charge is 0.357 e. The monoisotopic (exact) mass is 312 g/mol. The molecular formula is C13H17BrN2O2. The molecule has 0 saturated heterocycles. The van der Waals surface area contributed by atoms with Crippen LogP contribution in [0, 0.1) is 0 Å². The first-order chi connectivity index (χ1) is 8.47. The lowest BCUT2D eigenvalue weighted by atomic mass is 10.1. The quantitative estimate of drug-likeness (QED) is 0.797. The second kappa shape index (κ2) is 6.00. The molecule has 0 aliphatic carbocycles. The topological polar surface area (TPSA) is 44.1 Å². The highest BCUT2D eigenvalue weighted by Gasteiger charge is 2.25. The highest BCUT2D eigenvalue weighted by Crippen LogP contribution is 2.30. The van der Waals surface area contributed by atoms with Gasteiger partial charge in [-0.25, -0.2) is 4.79 Å². The van der Waals surface area contributed by atoms with Gasteiger partial charge in [0.05, 0.1) is 12.8 Å². The lowest BCUT2D eigenvalue weighted by molar-refractivity contribution is 0.0584. The van der Waals surface area contributed by atoms with Crippen molar-refractivity contribution in [2.75, 3.05) is 7.11 Å². The number of nitrogens with zero attached hydrogens (tertiary/aromatic N) is 2. The Kier molecular flexibility index (Phi) is 4.90. The molecule has 0 saturated carbocycles. The summed E-state index contributed by atoms with van der Waals surface area (Å²) in [5.74, 6) is -0.405. The molecule has 0 aliphatic rings. The molecule has 1 rings (SSSR count). The molecule has 0 unspecified atom stereocenters. The number of rotatable bonds is 4. The molecule has 0 aliphatic heterocycles. The van der Waals surface area contributed by atoms with Gasteiger partial charge in [0.15, 0.2) is 5.69 Å².